The Morgan fingerprint density at radius 2 is 1.53 bits per heavy atom. The maximum absolute atomic E-state index is 12.9. The van der Waals surface area contributed by atoms with E-state index in [4.69, 9.17) is 18.9 Å². The normalized spacial score (nSPS) is 20.7. The van der Waals surface area contributed by atoms with Gasteiger partial charge in [-0.3, -0.25) is 9.59 Å². The van der Waals surface area contributed by atoms with Crippen LogP contribution in [0.4, 0.5) is 0 Å². The molecule has 0 N–H and O–H groups in total. The van der Waals surface area contributed by atoms with E-state index < -0.39 is 29.4 Å². The van der Waals surface area contributed by atoms with Crippen LogP contribution in [0.5, 0.6) is 5.75 Å². The number of hydrogen-bond acceptors (Lipinski definition) is 6. The molecule has 0 radical (unpaired) electrons. The van der Waals surface area contributed by atoms with Crippen molar-refractivity contribution in [2.24, 2.45) is 11.8 Å². The molecule has 0 aliphatic carbocycles. The molecule has 0 aromatic heterocycles. The monoisotopic (exact) mass is 412 g/mol. The molecule has 2 unspecified atom stereocenters. The summed E-state index contributed by atoms with van der Waals surface area (Å²) < 4.78 is 22.2. The van der Waals surface area contributed by atoms with Crippen LogP contribution in [0.1, 0.15) is 31.4 Å². The molecule has 1 saturated heterocycles. The molecule has 0 saturated carbocycles. The number of ether oxygens (including phenoxy) is 4. The summed E-state index contributed by atoms with van der Waals surface area (Å²) in [5, 5.41) is 0. The largest absolute Gasteiger partial charge is 0.497 e. The van der Waals surface area contributed by atoms with Crippen molar-refractivity contribution >= 4 is 11.9 Å². The van der Waals surface area contributed by atoms with E-state index in [1.165, 1.54) is 0 Å². The zero-order valence-electron chi connectivity index (χ0n) is 17.6. The van der Waals surface area contributed by atoms with E-state index in [9.17, 15) is 9.59 Å². The maximum Gasteiger partial charge on any atom is 0.320 e. The first kappa shape index (κ1) is 21.8. The van der Waals surface area contributed by atoms with Gasteiger partial charge in [0.15, 0.2) is 5.92 Å². The van der Waals surface area contributed by atoms with Crippen molar-refractivity contribution in [2.45, 2.75) is 25.9 Å². The molecule has 1 aliphatic rings. The molecule has 2 aromatic carbocycles. The Balaban J connectivity index is 2.16. The van der Waals surface area contributed by atoms with E-state index in [0.717, 1.165) is 11.1 Å². The van der Waals surface area contributed by atoms with Crippen LogP contribution in [0.15, 0.2) is 54.6 Å². The van der Waals surface area contributed by atoms with E-state index in [1.807, 2.05) is 54.6 Å². The van der Waals surface area contributed by atoms with Gasteiger partial charge in [-0.15, -0.1) is 0 Å². The molecular weight excluding hydrogens is 384 g/mol. The van der Waals surface area contributed by atoms with Gasteiger partial charge in [-0.1, -0.05) is 42.5 Å². The molecule has 2 aromatic rings. The van der Waals surface area contributed by atoms with Crippen molar-refractivity contribution in [2.75, 3.05) is 26.9 Å². The molecule has 1 fully saturated rings. The lowest BCUT2D eigenvalue weighted by Crippen LogP contribution is -2.44. The highest BCUT2D eigenvalue weighted by molar-refractivity contribution is 5.95. The quantitative estimate of drug-likeness (QED) is 0.486. The average Bonchev–Trinajstić information content (AvgIpc) is 3.20. The van der Waals surface area contributed by atoms with Crippen molar-refractivity contribution in [3.05, 3.63) is 65.7 Å². The lowest BCUT2D eigenvalue weighted by molar-refractivity contribution is -0.167. The lowest BCUT2D eigenvalue weighted by atomic mass is 9.70. The van der Waals surface area contributed by atoms with E-state index in [0.29, 0.717) is 18.8 Å². The summed E-state index contributed by atoms with van der Waals surface area (Å²) in [6.45, 7) is 4.21. The summed E-state index contributed by atoms with van der Waals surface area (Å²) in [7, 11) is 1.61. The number of carbonyl (C=O) groups excluding carboxylic acids is 2. The van der Waals surface area contributed by atoms with Crippen LogP contribution in [0.3, 0.4) is 0 Å². The molecule has 2 atom stereocenters. The summed E-state index contributed by atoms with van der Waals surface area (Å²) in [5.41, 5.74) is 0.726. The summed E-state index contributed by atoms with van der Waals surface area (Å²) in [6, 6.07) is 17.2. The predicted molar refractivity (Wildman–Crippen MR) is 111 cm³/mol. The Kier molecular flexibility index (Phi) is 7.11. The van der Waals surface area contributed by atoms with Crippen LogP contribution < -0.4 is 4.74 Å². The second-order valence-electron chi connectivity index (χ2n) is 7.06. The molecule has 160 valence electrons. The minimum atomic E-state index is -1.09. The van der Waals surface area contributed by atoms with Crippen molar-refractivity contribution in [3.8, 4) is 5.75 Å². The molecular formula is C24H28O6. The molecule has 30 heavy (non-hydrogen) atoms. The van der Waals surface area contributed by atoms with Gasteiger partial charge in [0.05, 0.1) is 20.3 Å². The number of methoxy groups -OCH3 is 1. The smallest absolute Gasteiger partial charge is 0.320 e. The third-order valence-corrected chi connectivity index (χ3v) is 5.49. The standard InChI is InChI=1S/C24H28O6/c1-4-28-22(25)21(23(26)29-5-2)20-15-16-30-24(20,17-9-7-6-8-10-17)18-11-13-19(27-3)14-12-18/h6-14,20-21H,4-5,15-16H2,1-3H3. The first-order valence-electron chi connectivity index (χ1n) is 10.3. The molecule has 6 heteroatoms. The Bertz CT molecular complexity index is 830. The molecule has 0 spiro atoms. The summed E-state index contributed by atoms with van der Waals surface area (Å²) >= 11 is 0. The third kappa shape index (κ3) is 4.05. The zero-order valence-corrected chi connectivity index (χ0v) is 17.6. The van der Waals surface area contributed by atoms with Crippen LogP contribution >= 0.6 is 0 Å². The molecule has 0 bridgehead atoms. The fraction of sp³-hybridized carbons (Fsp3) is 0.417. The first-order valence-corrected chi connectivity index (χ1v) is 10.3. The molecule has 3 rings (SSSR count). The minimum Gasteiger partial charge on any atom is -0.497 e. The minimum absolute atomic E-state index is 0.184. The van der Waals surface area contributed by atoms with Crippen molar-refractivity contribution < 1.29 is 28.5 Å². The van der Waals surface area contributed by atoms with Gasteiger partial charge in [0, 0.05) is 12.5 Å². The SMILES string of the molecule is CCOC(=O)C(C(=O)OCC)C1CCOC1(c1ccccc1)c1ccc(OC)cc1. The van der Waals surface area contributed by atoms with Crippen LogP contribution in [0, 0.1) is 11.8 Å². The fourth-order valence-electron chi connectivity index (χ4n) is 4.23. The van der Waals surface area contributed by atoms with E-state index in [-0.39, 0.29) is 13.2 Å². The molecule has 0 amide bonds. The summed E-state index contributed by atoms with van der Waals surface area (Å²) in [6.07, 6.45) is 0.517. The maximum atomic E-state index is 12.9. The topological polar surface area (TPSA) is 71.1 Å². The average molecular weight is 412 g/mol. The van der Waals surface area contributed by atoms with Gasteiger partial charge in [0.2, 0.25) is 0 Å². The summed E-state index contributed by atoms with van der Waals surface area (Å²) in [4.78, 5) is 25.8. The van der Waals surface area contributed by atoms with Gasteiger partial charge in [-0.25, -0.2) is 0 Å². The second kappa shape index (κ2) is 9.76. The second-order valence-corrected chi connectivity index (χ2v) is 7.06. The van der Waals surface area contributed by atoms with Crippen LogP contribution in [0.2, 0.25) is 0 Å². The molecule has 1 aliphatic heterocycles. The van der Waals surface area contributed by atoms with Crippen LogP contribution in [0.25, 0.3) is 0 Å². The number of hydrogen-bond donors (Lipinski definition) is 0. The Hall–Kier alpha value is -2.86. The predicted octanol–water partition coefficient (Wildman–Crippen LogP) is 3.72. The van der Waals surface area contributed by atoms with Crippen molar-refractivity contribution in [3.63, 3.8) is 0 Å². The summed E-state index contributed by atoms with van der Waals surface area (Å²) in [5.74, 6) is -2.02. The van der Waals surface area contributed by atoms with Gasteiger partial charge in [-0.05, 0) is 43.5 Å². The highest BCUT2D eigenvalue weighted by atomic mass is 16.6. The van der Waals surface area contributed by atoms with Crippen molar-refractivity contribution in [1.29, 1.82) is 0 Å². The van der Waals surface area contributed by atoms with E-state index >= 15 is 0 Å². The number of carbonyl (C=O) groups is 2. The Labute approximate surface area is 177 Å². The highest BCUT2D eigenvalue weighted by Gasteiger charge is 2.55. The van der Waals surface area contributed by atoms with Gasteiger partial charge >= 0.3 is 11.9 Å². The number of esters is 2. The van der Waals surface area contributed by atoms with Gasteiger partial charge in [0.1, 0.15) is 11.4 Å². The first-order chi connectivity index (χ1) is 14.6. The third-order valence-electron chi connectivity index (χ3n) is 5.49. The van der Waals surface area contributed by atoms with Crippen LogP contribution in [-0.4, -0.2) is 38.9 Å². The van der Waals surface area contributed by atoms with Gasteiger partial charge in [-0.2, -0.15) is 0 Å². The zero-order chi connectivity index (χ0) is 21.6. The van der Waals surface area contributed by atoms with Gasteiger partial charge < -0.3 is 18.9 Å². The van der Waals surface area contributed by atoms with E-state index in [2.05, 4.69) is 0 Å². The number of benzene rings is 2. The van der Waals surface area contributed by atoms with Crippen LogP contribution in [-0.2, 0) is 29.4 Å². The molecule has 6 nitrogen and oxygen atoms in total. The molecule has 1 heterocycles. The fourth-order valence-corrected chi connectivity index (χ4v) is 4.23. The Morgan fingerprint density at radius 1 is 0.967 bits per heavy atom. The lowest BCUT2D eigenvalue weighted by Gasteiger charge is -2.38. The Morgan fingerprint density at radius 3 is 2.07 bits per heavy atom. The van der Waals surface area contributed by atoms with Crippen molar-refractivity contribution in [1.82, 2.24) is 0 Å². The van der Waals surface area contributed by atoms with Gasteiger partial charge in [0.25, 0.3) is 0 Å². The highest BCUT2D eigenvalue weighted by Crippen LogP contribution is 2.50. The number of rotatable bonds is 8. The van der Waals surface area contributed by atoms with E-state index in [1.54, 1.807) is 21.0 Å².